The highest BCUT2D eigenvalue weighted by molar-refractivity contribution is 5.90. The van der Waals surface area contributed by atoms with Crippen LogP contribution in [0, 0.1) is 0 Å². The normalized spacial score (nSPS) is 18.4. The van der Waals surface area contributed by atoms with E-state index in [0.717, 1.165) is 42.7 Å². The van der Waals surface area contributed by atoms with Gasteiger partial charge in [0.2, 0.25) is 5.95 Å². The van der Waals surface area contributed by atoms with Gasteiger partial charge < -0.3 is 9.64 Å². The maximum Gasteiger partial charge on any atom is 0.239 e. The molecule has 3 rings (SSSR count). The molecule has 0 aliphatic carbocycles. The van der Waals surface area contributed by atoms with Crippen LogP contribution in [0.5, 0.6) is 0 Å². The van der Waals surface area contributed by atoms with Gasteiger partial charge in [-0.05, 0) is 25.0 Å². The quantitative estimate of drug-likeness (QED) is 0.650. The van der Waals surface area contributed by atoms with Crippen molar-refractivity contribution in [1.29, 1.82) is 0 Å². The molecule has 1 fully saturated rings. The molecule has 106 valence electrons. The lowest BCUT2D eigenvalue weighted by molar-refractivity contribution is 0.116. The van der Waals surface area contributed by atoms with Crippen molar-refractivity contribution < 1.29 is 4.74 Å². The molecule has 20 heavy (non-hydrogen) atoms. The lowest BCUT2D eigenvalue weighted by Gasteiger charge is -2.23. The largest absolute Gasteiger partial charge is 0.376 e. The van der Waals surface area contributed by atoms with Crippen LogP contribution in [0.1, 0.15) is 12.8 Å². The van der Waals surface area contributed by atoms with Crippen LogP contribution >= 0.6 is 0 Å². The van der Waals surface area contributed by atoms with Gasteiger partial charge in [-0.15, -0.1) is 0 Å². The average molecular weight is 273 g/mol. The van der Waals surface area contributed by atoms with E-state index in [1.165, 1.54) is 0 Å². The molecule has 6 nitrogen and oxygen atoms in total. The number of nitrogens with one attached hydrogen (secondary N) is 1. The van der Waals surface area contributed by atoms with E-state index in [9.17, 15) is 0 Å². The van der Waals surface area contributed by atoms with Crippen molar-refractivity contribution in [3.8, 4) is 0 Å². The number of nitrogens with zero attached hydrogens (tertiary/aromatic N) is 3. The minimum Gasteiger partial charge on any atom is -0.376 e. The van der Waals surface area contributed by atoms with Crippen LogP contribution in [0.4, 0.5) is 11.8 Å². The number of fused-ring (bicyclic) bond motifs is 1. The van der Waals surface area contributed by atoms with E-state index < -0.39 is 0 Å². The van der Waals surface area contributed by atoms with Crippen molar-refractivity contribution >= 4 is 22.7 Å². The summed E-state index contributed by atoms with van der Waals surface area (Å²) >= 11 is 0. The summed E-state index contributed by atoms with van der Waals surface area (Å²) in [6, 6.07) is 7.93. The first-order chi connectivity index (χ1) is 9.78. The smallest absolute Gasteiger partial charge is 0.239 e. The third-order valence-corrected chi connectivity index (χ3v) is 3.58. The Morgan fingerprint density at radius 3 is 3.00 bits per heavy atom. The van der Waals surface area contributed by atoms with Gasteiger partial charge in [0.05, 0.1) is 11.6 Å². The van der Waals surface area contributed by atoms with Gasteiger partial charge in [0.25, 0.3) is 0 Å². The molecule has 1 aliphatic heterocycles. The third-order valence-electron chi connectivity index (χ3n) is 3.58. The Labute approximate surface area is 117 Å². The van der Waals surface area contributed by atoms with Crippen LogP contribution in [-0.2, 0) is 4.74 Å². The Balaban J connectivity index is 1.95. The number of ether oxygens (including phenoxy) is 1. The topological polar surface area (TPSA) is 76.3 Å². The molecule has 1 unspecified atom stereocenters. The van der Waals surface area contributed by atoms with E-state index in [1.54, 1.807) is 0 Å². The first-order valence-corrected chi connectivity index (χ1v) is 6.84. The van der Waals surface area contributed by atoms with Crippen LogP contribution in [0.25, 0.3) is 10.9 Å². The fourth-order valence-electron chi connectivity index (χ4n) is 2.60. The third kappa shape index (κ3) is 2.52. The molecule has 6 heteroatoms. The highest BCUT2D eigenvalue weighted by atomic mass is 16.5. The zero-order chi connectivity index (χ0) is 13.9. The van der Waals surface area contributed by atoms with E-state index in [4.69, 9.17) is 10.6 Å². The lowest BCUT2D eigenvalue weighted by Crippen LogP contribution is -2.29. The van der Waals surface area contributed by atoms with Crippen LogP contribution in [0.15, 0.2) is 24.3 Å². The number of nitrogens with two attached hydrogens (primary N) is 1. The maximum absolute atomic E-state index is 5.69. The van der Waals surface area contributed by atoms with Crippen molar-refractivity contribution in [2.75, 3.05) is 30.5 Å². The van der Waals surface area contributed by atoms with Crippen molar-refractivity contribution in [3.05, 3.63) is 24.3 Å². The van der Waals surface area contributed by atoms with Gasteiger partial charge in [0, 0.05) is 25.6 Å². The summed E-state index contributed by atoms with van der Waals surface area (Å²) in [7, 11) is 2.02. The first kappa shape index (κ1) is 13.1. The number of para-hydroxylation sites is 1. The molecule has 0 bridgehead atoms. The Bertz CT molecular complexity index is 597. The summed E-state index contributed by atoms with van der Waals surface area (Å²) in [6.07, 6.45) is 2.52. The van der Waals surface area contributed by atoms with Crippen molar-refractivity contribution in [1.82, 2.24) is 9.97 Å². The van der Waals surface area contributed by atoms with Gasteiger partial charge in [-0.3, -0.25) is 5.43 Å². The molecule has 1 aliphatic rings. The Morgan fingerprint density at radius 2 is 2.25 bits per heavy atom. The van der Waals surface area contributed by atoms with Crippen molar-refractivity contribution in [3.63, 3.8) is 0 Å². The number of nitrogen functional groups attached to an aromatic ring is 1. The molecule has 0 spiro atoms. The molecule has 1 atom stereocenters. The standard InChI is InChI=1S/C14H19N5O/c1-19(9-10-5-4-8-20-10)13-11-6-2-3-7-12(11)16-14(17-13)18-15/h2-3,6-7,10H,4-5,8-9,15H2,1H3,(H,16,17,18). The summed E-state index contributed by atoms with van der Waals surface area (Å²) in [5.41, 5.74) is 3.41. The molecule has 0 amide bonds. The highest BCUT2D eigenvalue weighted by Gasteiger charge is 2.19. The second-order valence-electron chi connectivity index (χ2n) is 5.05. The molecule has 0 radical (unpaired) electrons. The second kappa shape index (κ2) is 5.60. The summed E-state index contributed by atoms with van der Waals surface area (Å²) in [6.45, 7) is 1.68. The van der Waals surface area contributed by atoms with Crippen LogP contribution in [0.2, 0.25) is 0 Å². The van der Waals surface area contributed by atoms with E-state index in [0.29, 0.717) is 5.95 Å². The van der Waals surface area contributed by atoms with Gasteiger partial charge in [-0.25, -0.2) is 10.8 Å². The molecular formula is C14H19N5O. The number of hydrogen-bond donors (Lipinski definition) is 2. The van der Waals surface area contributed by atoms with Gasteiger partial charge >= 0.3 is 0 Å². The predicted octanol–water partition coefficient (Wildman–Crippen LogP) is 1.53. The minimum atomic E-state index is 0.281. The summed E-state index contributed by atoms with van der Waals surface area (Å²) in [4.78, 5) is 11.0. The second-order valence-corrected chi connectivity index (χ2v) is 5.05. The van der Waals surface area contributed by atoms with Crippen molar-refractivity contribution in [2.24, 2.45) is 5.84 Å². The molecule has 1 saturated heterocycles. The fourth-order valence-corrected chi connectivity index (χ4v) is 2.60. The SMILES string of the molecule is CN(CC1CCCO1)c1nc(NN)nc2ccccc12. The number of benzene rings is 1. The zero-order valence-electron chi connectivity index (χ0n) is 11.5. The first-order valence-electron chi connectivity index (χ1n) is 6.84. The highest BCUT2D eigenvalue weighted by Crippen LogP contribution is 2.25. The molecule has 2 heterocycles. The number of aromatic nitrogens is 2. The van der Waals surface area contributed by atoms with E-state index in [-0.39, 0.29) is 6.10 Å². The average Bonchev–Trinajstić information content (AvgIpc) is 2.98. The number of anilines is 2. The molecular weight excluding hydrogens is 254 g/mol. The van der Waals surface area contributed by atoms with Crippen LogP contribution < -0.4 is 16.2 Å². The van der Waals surface area contributed by atoms with Gasteiger partial charge in [-0.1, -0.05) is 12.1 Å². The zero-order valence-corrected chi connectivity index (χ0v) is 11.5. The Hall–Kier alpha value is -1.92. The minimum absolute atomic E-state index is 0.281. The van der Waals surface area contributed by atoms with E-state index in [1.807, 2.05) is 31.3 Å². The van der Waals surface area contributed by atoms with Gasteiger partial charge in [0.15, 0.2) is 0 Å². The summed E-state index contributed by atoms with van der Waals surface area (Å²) < 4.78 is 5.69. The number of hydrogen-bond acceptors (Lipinski definition) is 6. The Morgan fingerprint density at radius 1 is 1.40 bits per heavy atom. The molecule has 0 saturated carbocycles. The lowest BCUT2D eigenvalue weighted by atomic mass is 10.2. The van der Waals surface area contributed by atoms with E-state index >= 15 is 0 Å². The molecule has 3 N–H and O–H groups in total. The predicted molar refractivity (Wildman–Crippen MR) is 79.6 cm³/mol. The monoisotopic (exact) mass is 273 g/mol. The summed E-state index contributed by atoms with van der Waals surface area (Å²) in [5, 5.41) is 1.02. The molecule has 1 aromatic carbocycles. The number of rotatable bonds is 4. The van der Waals surface area contributed by atoms with Crippen LogP contribution in [-0.4, -0.2) is 36.3 Å². The summed E-state index contributed by atoms with van der Waals surface area (Å²) in [5.74, 6) is 6.76. The van der Waals surface area contributed by atoms with Gasteiger partial charge in [0.1, 0.15) is 5.82 Å². The Kier molecular flexibility index (Phi) is 3.66. The van der Waals surface area contributed by atoms with Crippen molar-refractivity contribution in [2.45, 2.75) is 18.9 Å². The number of likely N-dealkylation sites (N-methyl/N-ethyl adjacent to an activating group) is 1. The van der Waals surface area contributed by atoms with Crippen LogP contribution in [0.3, 0.4) is 0 Å². The number of hydrazine groups is 1. The fraction of sp³-hybridized carbons (Fsp3) is 0.429. The van der Waals surface area contributed by atoms with E-state index in [2.05, 4.69) is 20.3 Å². The van der Waals surface area contributed by atoms with Gasteiger partial charge in [-0.2, -0.15) is 4.98 Å². The molecule has 2 aromatic rings. The maximum atomic E-state index is 5.69. The molecule has 1 aromatic heterocycles.